The number of fused-ring (bicyclic) bond motifs is 15. The van der Waals surface area contributed by atoms with Gasteiger partial charge in [-0.1, -0.05) is 91.0 Å². The molecule has 0 unspecified atom stereocenters. The molecule has 0 amide bonds. The van der Waals surface area contributed by atoms with E-state index in [2.05, 4.69) is 114 Å². The summed E-state index contributed by atoms with van der Waals surface area (Å²) in [6.07, 6.45) is 0. The summed E-state index contributed by atoms with van der Waals surface area (Å²) >= 11 is 1.92. The van der Waals surface area contributed by atoms with Gasteiger partial charge in [0, 0.05) is 42.7 Å². The van der Waals surface area contributed by atoms with Crippen LogP contribution in [0.4, 0.5) is 11.4 Å². The van der Waals surface area contributed by atoms with E-state index in [0.29, 0.717) is 0 Å². The number of para-hydroxylation sites is 1. The lowest BCUT2D eigenvalue weighted by molar-refractivity contribution is 1.36. The second kappa shape index (κ2) is 6.37. The lowest BCUT2D eigenvalue weighted by Crippen LogP contribution is -2.59. The lowest BCUT2D eigenvalue weighted by atomic mass is 9.43. The number of hydrogen-bond acceptors (Lipinski definition) is 2. The highest BCUT2D eigenvalue weighted by Gasteiger charge is 2.42. The van der Waals surface area contributed by atoms with Gasteiger partial charge in [0.25, 0.3) is 0 Å². The number of hydrogen-bond donors (Lipinski definition) is 0. The molecule has 0 saturated heterocycles. The molecule has 3 heterocycles. The predicted molar refractivity (Wildman–Crippen MR) is 144 cm³/mol. The third-order valence-electron chi connectivity index (χ3n) is 7.28. The van der Waals surface area contributed by atoms with E-state index < -0.39 is 0 Å². The quantitative estimate of drug-likeness (QED) is 0.233. The highest BCUT2D eigenvalue weighted by molar-refractivity contribution is 7.26. The van der Waals surface area contributed by atoms with Crippen molar-refractivity contribution in [1.82, 2.24) is 0 Å². The van der Waals surface area contributed by atoms with Gasteiger partial charge in [0.1, 0.15) is 0 Å². The van der Waals surface area contributed by atoms with Crippen molar-refractivity contribution in [3.05, 3.63) is 109 Å². The molecular weight excluding hydrogens is 417 g/mol. The predicted octanol–water partition coefficient (Wildman–Crippen LogP) is 6.96. The van der Waals surface area contributed by atoms with Crippen LogP contribution in [-0.4, -0.2) is 6.85 Å². The lowest BCUT2D eigenvalue weighted by Gasteiger charge is -2.43. The van der Waals surface area contributed by atoms with Crippen molar-refractivity contribution < 1.29 is 0 Å². The zero-order valence-electron chi connectivity index (χ0n) is 17.8. The first-order valence-electron chi connectivity index (χ1n) is 11.4. The van der Waals surface area contributed by atoms with E-state index in [0.717, 1.165) is 0 Å². The van der Waals surface area contributed by atoms with Crippen molar-refractivity contribution in [2.24, 2.45) is 0 Å². The van der Waals surface area contributed by atoms with Crippen LogP contribution in [0.15, 0.2) is 109 Å². The van der Waals surface area contributed by atoms with Gasteiger partial charge in [-0.15, -0.1) is 11.3 Å². The summed E-state index contributed by atoms with van der Waals surface area (Å²) in [5, 5.41) is 2.71. The average molecular weight is 435 g/mol. The highest BCUT2D eigenvalue weighted by Crippen LogP contribution is 2.50. The van der Waals surface area contributed by atoms with Crippen LogP contribution in [0.5, 0.6) is 0 Å². The minimum atomic E-state index is 0.173. The van der Waals surface area contributed by atoms with Crippen LogP contribution in [0.3, 0.4) is 0 Å². The van der Waals surface area contributed by atoms with E-state index in [-0.39, 0.29) is 6.85 Å². The molecule has 2 aliphatic heterocycles. The number of thiophene rings is 1. The summed E-state index contributed by atoms with van der Waals surface area (Å²) in [5.41, 5.74) is 10.7. The summed E-state index contributed by atoms with van der Waals surface area (Å²) in [6, 6.07) is 40.3. The third-order valence-corrected chi connectivity index (χ3v) is 8.48. The molecule has 0 fully saturated rings. The molecule has 5 aromatic carbocycles. The van der Waals surface area contributed by atoms with Crippen molar-refractivity contribution in [3.63, 3.8) is 0 Å². The topological polar surface area (TPSA) is 3.24 Å². The van der Waals surface area contributed by atoms with Gasteiger partial charge in [-0.3, -0.25) is 0 Å². The maximum Gasteiger partial charge on any atom is 0.329 e. The molecule has 6 aromatic rings. The summed E-state index contributed by atoms with van der Waals surface area (Å²) < 4.78 is 2.74. The van der Waals surface area contributed by atoms with E-state index in [1.807, 2.05) is 11.3 Å². The highest BCUT2D eigenvalue weighted by atomic mass is 32.1. The van der Waals surface area contributed by atoms with Gasteiger partial charge < -0.3 is 4.81 Å². The van der Waals surface area contributed by atoms with Crippen LogP contribution in [0.25, 0.3) is 42.4 Å². The molecule has 0 radical (unpaired) electrons. The fourth-order valence-corrected chi connectivity index (χ4v) is 7.21. The molecule has 8 rings (SSSR count). The Hall–Kier alpha value is -3.82. The molecular formula is C30H18BNS. The zero-order valence-corrected chi connectivity index (χ0v) is 18.6. The number of anilines is 2. The zero-order chi connectivity index (χ0) is 21.5. The summed E-state index contributed by atoms with van der Waals surface area (Å²) in [7, 11) is 0. The normalized spacial score (nSPS) is 13.3. The van der Waals surface area contributed by atoms with Crippen molar-refractivity contribution in [2.45, 2.75) is 0 Å². The first-order valence-corrected chi connectivity index (χ1v) is 12.2. The minimum absolute atomic E-state index is 0.173. The van der Waals surface area contributed by atoms with E-state index in [1.165, 1.54) is 64.7 Å². The minimum Gasteiger partial charge on any atom is -0.376 e. The van der Waals surface area contributed by atoms with Gasteiger partial charge in [-0.25, -0.2) is 0 Å². The summed E-state index contributed by atoms with van der Waals surface area (Å²) in [6.45, 7) is 0.173. The SMILES string of the molecule is c1ccc2c(c1)B1c3ccccc3-c3c(ccc4c3sc3ccccc34)N1c1ccccc1-2. The fourth-order valence-electron chi connectivity index (χ4n) is 5.95. The smallest absolute Gasteiger partial charge is 0.329 e. The van der Waals surface area contributed by atoms with Crippen molar-refractivity contribution >= 4 is 60.7 Å². The van der Waals surface area contributed by atoms with Crippen molar-refractivity contribution in [2.75, 3.05) is 4.81 Å². The van der Waals surface area contributed by atoms with Crippen LogP contribution in [-0.2, 0) is 0 Å². The molecule has 0 N–H and O–H groups in total. The Labute approximate surface area is 196 Å². The van der Waals surface area contributed by atoms with E-state index in [4.69, 9.17) is 0 Å². The monoisotopic (exact) mass is 435 g/mol. The van der Waals surface area contributed by atoms with Gasteiger partial charge in [-0.05, 0) is 40.3 Å². The summed E-state index contributed by atoms with van der Waals surface area (Å²) in [5.74, 6) is 0. The Morgan fingerprint density at radius 1 is 0.515 bits per heavy atom. The Morgan fingerprint density at radius 2 is 1.18 bits per heavy atom. The molecule has 1 nitrogen and oxygen atoms in total. The molecule has 152 valence electrons. The second-order valence-electron chi connectivity index (χ2n) is 8.90. The largest absolute Gasteiger partial charge is 0.376 e. The first kappa shape index (κ1) is 17.7. The van der Waals surface area contributed by atoms with Crippen LogP contribution < -0.4 is 15.7 Å². The van der Waals surface area contributed by atoms with Gasteiger partial charge in [0.05, 0.1) is 0 Å². The van der Waals surface area contributed by atoms with Crippen LogP contribution in [0, 0.1) is 0 Å². The first-order chi connectivity index (χ1) is 16.4. The van der Waals surface area contributed by atoms with E-state index in [1.54, 1.807) is 0 Å². The molecule has 0 bridgehead atoms. The Bertz CT molecular complexity index is 1750. The van der Waals surface area contributed by atoms with Crippen molar-refractivity contribution in [1.29, 1.82) is 0 Å². The fraction of sp³-hybridized carbons (Fsp3) is 0. The molecule has 0 spiro atoms. The van der Waals surface area contributed by atoms with Crippen molar-refractivity contribution in [3.8, 4) is 22.3 Å². The molecule has 3 heteroatoms. The molecule has 2 aliphatic rings. The molecule has 1 aromatic heterocycles. The molecule has 0 atom stereocenters. The van der Waals surface area contributed by atoms with E-state index >= 15 is 0 Å². The standard InChI is InChI=1S/C30H18BNS/c1-5-13-24-19(9-1)20-10-3-7-15-26(20)32-27-18-17-22-21-11-4-8-16-28(21)33-30(22)29(27)23-12-2-6-14-25(23)31(24)32/h1-18H. The Kier molecular flexibility index (Phi) is 3.42. The Morgan fingerprint density at radius 3 is 2.06 bits per heavy atom. The van der Waals surface area contributed by atoms with Crippen LogP contribution in [0.2, 0.25) is 0 Å². The van der Waals surface area contributed by atoms with Crippen LogP contribution >= 0.6 is 11.3 Å². The molecule has 33 heavy (non-hydrogen) atoms. The van der Waals surface area contributed by atoms with Gasteiger partial charge in [-0.2, -0.15) is 0 Å². The average Bonchev–Trinajstić information content (AvgIpc) is 3.27. The number of benzene rings is 5. The number of nitrogens with zero attached hydrogens (tertiary/aromatic N) is 1. The third kappa shape index (κ3) is 2.23. The van der Waals surface area contributed by atoms with Crippen LogP contribution in [0.1, 0.15) is 0 Å². The maximum absolute atomic E-state index is 2.58. The Balaban J connectivity index is 1.55. The summed E-state index contributed by atoms with van der Waals surface area (Å²) in [4.78, 5) is 2.58. The van der Waals surface area contributed by atoms with Gasteiger partial charge in [0.2, 0.25) is 0 Å². The second-order valence-corrected chi connectivity index (χ2v) is 9.95. The molecule has 0 aliphatic carbocycles. The van der Waals surface area contributed by atoms with Gasteiger partial charge >= 0.3 is 6.85 Å². The molecule has 0 saturated carbocycles. The maximum atomic E-state index is 2.58. The van der Waals surface area contributed by atoms with E-state index in [9.17, 15) is 0 Å². The van der Waals surface area contributed by atoms with Gasteiger partial charge in [0.15, 0.2) is 0 Å². The number of rotatable bonds is 0.